The van der Waals surface area contributed by atoms with Gasteiger partial charge in [-0.3, -0.25) is 9.88 Å². The van der Waals surface area contributed by atoms with Crippen molar-refractivity contribution in [2.45, 2.75) is 5.91 Å². The van der Waals surface area contributed by atoms with Crippen LogP contribution in [0.4, 0.5) is 5.69 Å². The molecule has 7 heteroatoms. The number of benzene rings is 1. The minimum atomic E-state index is -1.53. The minimum absolute atomic E-state index is 0.168. The molecule has 1 N–H and O–H groups in total. The molecule has 26 heavy (non-hydrogen) atoms. The van der Waals surface area contributed by atoms with Crippen LogP contribution in [0, 0.1) is 0 Å². The fourth-order valence-corrected chi connectivity index (χ4v) is 3.11. The predicted molar refractivity (Wildman–Crippen MR) is 93.9 cm³/mol. The number of carbonyl (C=O) groups is 2. The molecule has 1 aromatic carbocycles. The molecular formula is C19H17N3O4. The fourth-order valence-electron chi connectivity index (χ4n) is 3.11. The lowest BCUT2D eigenvalue weighted by molar-refractivity contribution is -0.221. The van der Waals surface area contributed by atoms with Crippen LogP contribution in [0.15, 0.2) is 60.9 Å². The molecule has 0 amide bonds. The Morgan fingerprint density at radius 1 is 1.00 bits per heavy atom. The molecule has 1 fully saturated rings. The fraction of sp³-hybridized carbons (Fsp3) is 0.211. The largest absolute Gasteiger partial charge is 0.399 e. The van der Waals surface area contributed by atoms with E-state index in [1.807, 2.05) is 36.4 Å². The average molecular weight is 351 g/mol. The van der Waals surface area contributed by atoms with Gasteiger partial charge in [0.2, 0.25) is 0 Å². The number of nitrogens with zero attached hydrogens (tertiary/aromatic N) is 2. The Morgan fingerprint density at radius 2 is 1.73 bits per heavy atom. The first kappa shape index (κ1) is 16.3. The summed E-state index contributed by atoms with van der Waals surface area (Å²) in [5.74, 6) is -2.79. The zero-order valence-electron chi connectivity index (χ0n) is 13.9. The molecule has 1 saturated heterocycles. The number of rotatable bonds is 2. The van der Waals surface area contributed by atoms with Gasteiger partial charge in [0, 0.05) is 37.0 Å². The van der Waals surface area contributed by atoms with Gasteiger partial charge >= 0.3 is 17.8 Å². The van der Waals surface area contributed by atoms with Gasteiger partial charge in [0.25, 0.3) is 0 Å². The number of pyridine rings is 1. The van der Waals surface area contributed by atoms with Crippen LogP contribution < -0.4 is 10.2 Å². The molecule has 132 valence electrons. The van der Waals surface area contributed by atoms with Gasteiger partial charge in [-0.2, -0.15) is 0 Å². The van der Waals surface area contributed by atoms with Crippen molar-refractivity contribution in [3.63, 3.8) is 0 Å². The number of piperazine rings is 1. The third kappa shape index (κ3) is 3.04. The van der Waals surface area contributed by atoms with Crippen molar-refractivity contribution < 1.29 is 19.1 Å². The van der Waals surface area contributed by atoms with Crippen molar-refractivity contribution in [1.29, 1.82) is 0 Å². The molecule has 2 aliphatic rings. The van der Waals surface area contributed by atoms with Gasteiger partial charge in [0.1, 0.15) is 0 Å². The third-order valence-electron chi connectivity index (χ3n) is 4.29. The molecule has 0 atom stereocenters. The molecule has 4 rings (SSSR count). The summed E-state index contributed by atoms with van der Waals surface area (Å²) in [5.41, 5.74) is 2.64. The van der Waals surface area contributed by atoms with Crippen LogP contribution in [-0.4, -0.2) is 42.5 Å². The quantitative estimate of drug-likeness (QED) is 0.821. The van der Waals surface area contributed by atoms with Crippen LogP contribution >= 0.6 is 0 Å². The number of anilines is 1. The van der Waals surface area contributed by atoms with Gasteiger partial charge < -0.3 is 14.8 Å². The zero-order valence-corrected chi connectivity index (χ0v) is 13.9. The summed E-state index contributed by atoms with van der Waals surface area (Å²) in [6.07, 6.45) is 5.57. The van der Waals surface area contributed by atoms with Crippen molar-refractivity contribution in [2.75, 3.05) is 24.5 Å². The van der Waals surface area contributed by atoms with Gasteiger partial charge in [-0.15, -0.1) is 0 Å². The van der Waals surface area contributed by atoms with E-state index in [0.29, 0.717) is 18.8 Å². The SMILES string of the molecule is O=C1C=CC(=O)OC2(CNCCN2c2cncc(-c3ccccc3)c2)O1. The average Bonchev–Trinajstić information content (AvgIpc) is 2.81. The van der Waals surface area contributed by atoms with Crippen LogP contribution in [0.5, 0.6) is 0 Å². The van der Waals surface area contributed by atoms with Gasteiger partial charge in [-0.25, -0.2) is 9.59 Å². The highest BCUT2D eigenvalue weighted by atomic mass is 16.8. The Bertz CT molecular complexity index is 846. The molecule has 0 radical (unpaired) electrons. The Hall–Kier alpha value is -3.19. The van der Waals surface area contributed by atoms with Crippen LogP contribution in [0.1, 0.15) is 0 Å². The number of ether oxygens (including phenoxy) is 2. The summed E-state index contributed by atoms with van der Waals surface area (Å²) in [6.45, 7) is 1.31. The monoisotopic (exact) mass is 351 g/mol. The molecule has 3 heterocycles. The second-order valence-electron chi connectivity index (χ2n) is 6.01. The number of carbonyl (C=O) groups excluding carboxylic acids is 2. The number of hydrogen-bond acceptors (Lipinski definition) is 7. The maximum absolute atomic E-state index is 12.0. The lowest BCUT2D eigenvalue weighted by Crippen LogP contribution is -2.65. The minimum Gasteiger partial charge on any atom is -0.399 e. The first-order valence-corrected chi connectivity index (χ1v) is 8.29. The van der Waals surface area contributed by atoms with E-state index in [4.69, 9.17) is 9.47 Å². The third-order valence-corrected chi connectivity index (χ3v) is 4.29. The van der Waals surface area contributed by atoms with Gasteiger partial charge in [-0.05, 0) is 11.6 Å². The summed E-state index contributed by atoms with van der Waals surface area (Å²) < 4.78 is 11.0. The Morgan fingerprint density at radius 3 is 2.46 bits per heavy atom. The lowest BCUT2D eigenvalue weighted by Gasteiger charge is -2.44. The second kappa shape index (κ2) is 6.61. The van der Waals surface area contributed by atoms with Gasteiger partial charge in [-0.1, -0.05) is 30.3 Å². The zero-order chi connectivity index (χ0) is 18.0. The van der Waals surface area contributed by atoms with E-state index >= 15 is 0 Å². The van der Waals surface area contributed by atoms with Crippen molar-refractivity contribution in [3.8, 4) is 11.1 Å². The Kier molecular flexibility index (Phi) is 4.14. The molecule has 0 aliphatic carbocycles. The second-order valence-corrected chi connectivity index (χ2v) is 6.01. The first-order chi connectivity index (χ1) is 12.7. The van der Waals surface area contributed by atoms with Gasteiger partial charge in [0.15, 0.2) is 0 Å². The molecule has 7 nitrogen and oxygen atoms in total. The number of aromatic nitrogens is 1. The van der Waals surface area contributed by atoms with E-state index in [2.05, 4.69) is 10.3 Å². The highest BCUT2D eigenvalue weighted by Crippen LogP contribution is 2.32. The predicted octanol–water partition coefficient (Wildman–Crippen LogP) is 1.47. The summed E-state index contributed by atoms with van der Waals surface area (Å²) in [6, 6.07) is 11.8. The van der Waals surface area contributed by atoms with E-state index in [9.17, 15) is 9.59 Å². The van der Waals surface area contributed by atoms with E-state index in [-0.39, 0.29) is 6.54 Å². The van der Waals surface area contributed by atoms with Crippen molar-refractivity contribution in [3.05, 3.63) is 60.9 Å². The number of esters is 2. The lowest BCUT2D eigenvalue weighted by atomic mass is 10.1. The number of nitrogens with one attached hydrogen (secondary N) is 1. The van der Waals surface area contributed by atoms with Crippen LogP contribution in [-0.2, 0) is 19.1 Å². The molecule has 0 unspecified atom stereocenters. The summed E-state index contributed by atoms with van der Waals surface area (Å²) in [5, 5.41) is 3.12. The normalized spacial score (nSPS) is 19.0. The van der Waals surface area contributed by atoms with Crippen LogP contribution in [0.25, 0.3) is 11.1 Å². The first-order valence-electron chi connectivity index (χ1n) is 8.29. The highest BCUT2D eigenvalue weighted by Gasteiger charge is 2.47. The summed E-state index contributed by atoms with van der Waals surface area (Å²) in [7, 11) is 0. The van der Waals surface area contributed by atoms with Crippen LogP contribution in [0.2, 0.25) is 0 Å². The van der Waals surface area contributed by atoms with E-state index in [1.54, 1.807) is 17.3 Å². The summed E-state index contributed by atoms with van der Waals surface area (Å²) >= 11 is 0. The van der Waals surface area contributed by atoms with E-state index in [0.717, 1.165) is 23.3 Å². The van der Waals surface area contributed by atoms with Crippen molar-refractivity contribution in [1.82, 2.24) is 10.3 Å². The Balaban J connectivity index is 1.73. The van der Waals surface area contributed by atoms with Crippen LogP contribution in [0.3, 0.4) is 0 Å². The molecule has 1 spiro atoms. The van der Waals surface area contributed by atoms with Gasteiger partial charge in [0.05, 0.1) is 18.4 Å². The molecule has 0 saturated carbocycles. The molecule has 2 aromatic rings. The molecule has 2 aliphatic heterocycles. The molecule has 1 aromatic heterocycles. The maximum Gasteiger partial charge on any atom is 0.356 e. The smallest absolute Gasteiger partial charge is 0.356 e. The topological polar surface area (TPSA) is 80.8 Å². The molecule has 0 bridgehead atoms. The highest BCUT2D eigenvalue weighted by molar-refractivity contribution is 5.93. The maximum atomic E-state index is 12.0. The molecular weight excluding hydrogens is 334 g/mol. The van der Waals surface area contributed by atoms with Crippen molar-refractivity contribution >= 4 is 17.6 Å². The standard InChI is InChI=1S/C19H17N3O4/c23-17-6-7-18(24)26-19(25-17)13-20-8-9-22(19)16-10-15(11-21-12-16)14-4-2-1-3-5-14/h1-7,10-12,20H,8-9,13H2. The van der Waals surface area contributed by atoms with E-state index in [1.165, 1.54) is 0 Å². The number of hydrogen-bond donors (Lipinski definition) is 1. The summed E-state index contributed by atoms with van der Waals surface area (Å²) in [4.78, 5) is 30.0. The Labute approximate surface area is 150 Å². The van der Waals surface area contributed by atoms with E-state index < -0.39 is 17.8 Å². The van der Waals surface area contributed by atoms with Crippen molar-refractivity contribution in [2.24, 2.45) is 0 Å².